The molecule has 142 valence electrons. The number of ketones is 1. The van der Waals surface area contributed by atoms with Gasteiger partial charge < -0.3 is 19.3 Å². The quantitative estimate of drug-likeness (QED) is 0.423. The molecule has 0 amide bonds. The summed E-state index contributed by atoms with van der Waals surface area (Å²) in [6.07, 6.45) is 4.80. The topological polar surface area (TPSA) is 65.0 Å². The van der Waals surface area contributed by atoms with Crippen LogP contribution in [-0.4, -0.2) is 31.7 Å². The second-order valence-electron chi connectivity index (χ2n) is 6.00. The second-order valence-corrected chi connectivity index (χ2v) is 6.00. The van der Waals surface area contributed by atoms with Crippen molar-refractivity contribution in [3.63, 3.8) is 0 Å². The van der Waals surface area contributed by atoms with Crippen LogP contribution in [0.1, 0.15) is 27.0 Å². The van der Waals surface area contributed by atoms with Gasteiger partial charge in [0.05, 0.1) is 14.2 Å². The number of benzene rings is 2. The number of hydrogen-bond acceptors (Lipinski definition) is 5. The van der Waals surface area contributed by atoms with Crippen LogP contribution in [0, 0.1) is 13.8 Å². The number of hydrogen-bond donors (Lipinski definition) is 1. The molecule has 1 N–H and O–H groups in total. The molecule has 0 fully saturated rings. The zero-order valence-corrected chi connectivity index (χ0v) is 16.0. The number of carbonyl (C=O) groups excluding carboxylic acids is 1. The lowest BCUT2D eigenvalue weighted by Crippen LogP contribution is -2.01. The molecule has 0 saturated carbocycles. The number of rotatable bonds is 8. The van der Waals surface area contributed by atoms with Crippen LogP contribution in [0.4, 0.5) is 0 Å². The van der Waals surface area contributed by atoms with Gasteiger partial charge in [-0.15, -0.1) is 0 Å². The van der Waals surface area contributed by atoms with Crippen molar-refractivity contribution >= 4 is 11.9 Å². The Kier molecular flexibility index (Phi) is 6.66. The van der Waals surface area contributed by atoms with Crippen LogP contribution >= 0.6 is 0 Å². The minimum atomic E-state index is -0.366. The first-order valence-electron chi connectivity index (χ1n) is 8.43. The van der Waals surface area contributed by atoms with E-state index in [2.05, 4.69) is 6.58 Å². The Labute approximate surface area is 159 Å². The molecular formula is C22H24O5. The van der Waals surface area contributed by atoms with Gasteiger partial charge >= 0.3 is 0 Å². The predicted molar refractivity (Wildman–Crippen MR) is 106 cm³/mol. The van der Waals surface area contributed by atoms with Gasteiger partial charge in [-0.05, 0) is 48.7 Å². The third-order valence-corrected chi connectivity index (χ3v) is 4.01. The van der Waals surface area contributed by atoms with Crippen molar-refractivity contribution in [3.8, 4) is 23.0 Å². The highest BCUT2D eigenvalue weighted by atomic mass is 16.5. The van der Waals surface area contributed by atoms with Crippen LogP contribution in [0.5, 0.6) is 23.0 Å². The molecule has 0 atom stereocenters. The van der Waals surface area contributed by atoms with Crippen molar-refractivity contribution in [2.75, 3.05) is 20.8 Å². The number of aryl methyl sites for hydroxylation is 2. The fourth-order valence-corrected chi connectivity index (χ4v) is 2.81. The molecule has 0 aliphatic carbocycles. The van der Waals surface area contributed by atoms with E-state index in [0.29, 0.717) is 12.4 Å². The van der Waals surface area contributed by atoms with Gasteiger partial charge in [0.2, 0.25) is 0 Å². The number of phenols is 1. The summed E-state index contributed by atoms with van der Waals surface area (Å²) in [6, 6.07) is 6.80. The molecule has 2 aromatic carbocycles. The van der Waals surface area contributed by atoms with Crippen molar-refractivity contribution in [3.05, 3.63) is 65.3 Å². The van der Waals surface area contributed by atoms with Crippen LogP contribution in [0.25, 0.3) is 6.08 Å². The van der Waals surface area contributed by atoms with Gasteiger partial charge in [-0.3, -0.25) is 4.79 Å². The van der Waals surface area contributed by atoms with Crippen LogP contribution in [-0.2, 0) is 0 Å². The molecule has 2 rings (SSSR count). The zero-order valence-electron chi connectivity index (χ0n) is 16.0. The summed E-state index contributed by atoms with van der Waals surface area (Å²) in [4.78, 5) is 12.6. The Morgan fingerprint density at radius 2 is 1.78 bits per heavy atom. The van der Waals surface area contributed by atoms with E-state index in [9.17, 15) is 9.90 Å². The fraction of sp³-hybridized carbons (Fsp3) is 0.227. The molecule has 0 saturated heterocycles. The van der Waals surface area contributed by atoms with Gasteiger partial charge in [0.25, 0.3) is 0 Å². The molecular weight excluding hydrogens is 344 g/mol. The largest absolute Gasteiger partial charge is 0.507 e. The van der Waals surface area contributed by atoms with Crippen molar-refractivity contribution in [2.24, 2.45) is 0 Å². The number of allylic oxidation sites excluding steroid dienone is 1. The number of methoxy groups -OCH3 is 2. The Balaban J connectivity index is 2.31. The van der Waals surface area contributed by atoms with E-state index in [4.69, 9.17) is 14.2 Å². The molecule has 5 heteroatoms. The molecule has 2 aromatic rings. The lowest BCUT2D eigenvalue weighted by molar-refractivity contribution is 0.104. The molecule has 5 nitrogen and oxygen atoms in total. The smallest absolute Gasteiger partial charge is 0.193 e. The SMILES string of the molecule is C=CCOc1c(C)cc(/C=C/C(=O)c2c(O)cc(OC)cc2OC)cc1C. The second kappa shape index (κ2) is 8.94. The number of ether oxygens (including phenoxy) is 3. The Morgan fingerprint density at radius 3 is 2.33 bits per heavy atom. The summed E-state index contributed by atoms with van der Waals surface area (Å²) >= 11 is 0. The minimum absolute atomic E-state index is 0.0916. The Hall–Kier alpha value is -3.21. The average Bonchev–Trinajstić information content (AvgIpc) is 2.64. The van der Waals surface area contributed by atoms with Gasteiger partial charge in [0, 0.05) is 12.1 Å². The van der Waals surface area contributed by atoms with Gasteiger partial charge in [-0.25, -0.2) is 0 Å². The molecule has 0 radical (unpaired) electrons. The number of aromatic hydroxyl groups is 1. The first kappa shape index (κ1) is 20.1. The van der Waals surface area contributed by atoms with Gasteiger partial charge in [0.15, 0.2) is 5.78 Å². The van der Waals surface area contributed by atoms with Crippen LogP contribution in [0.2, 0.25) is 0 Å². The van der Waals surface area contributed by atoms with Gasteiger partial charge in [-0.2, -0.15) is 0 Å². The maximum atomic E-state index is 12.6. The molecule has 27 heavy (non-hydrogen) atoms. The minimum Gasteiger partial charge on any atom is -0.507 e. The monoisotopic (exact) mass is 368 g/mol. The van der Waals surface area contributed by atoms with Crippen molar-refractivity contribution in [1.29, 1.82) is 0 Å². The summed E-state index contributed by atoms with van der Waals surface area (Å²) in [5.74, 6) is 0.914. The zero-order chi connectivity index (χ0) is 20.0. The summed E-state index contributed by atoms with van der Waals surface area (Å²) in [5.41, 5.74) is 2.88. The maximum absolute atomic E-state index is 12.6. The van der Waals surface area contributed by atoms with E-state index in [1.807, 2.05) is 26.0 Å². The highest BCUT2D eigenvalue weighted by Gasteiger charge is 2.17. The van der Waals surface area contributed by atoms with E-state index in [0.717, 1.165) is 22.4 Å². The predicted octanol–water partition coefficient (Wildman–Crippen LogP) is 4.49. The standard InChI is InChI=1S/C22H24O5/c1-6-9-27-22-14(2)10-16(11-15(22)3)7-8-18(23)21-19(24)12-17(25-4)13-20(21)26-5/h6-8,10-13,24H,1,9H2,2-5H3/b8-7+. The summed E-state index contributed by atoms with van der Waals surface area (Å²) in [5, 5.41) is 10.2. The molecule has 0 heterocycles. The van der Waals surface area contributed by atoms with E-state index in [-0.39, 0.29) is 22.8 Å². The lowest BCUT2D eigenvalue weighted by Gasteiger charge is -2.12. The van der Waals surface area contributed by atoms with Crippen LogP contribution in [0.15, 0.2) is 43.0 Å². The summed E-state index contributed by atoms with van der Waals surface area (Å²) < 4.78 is 16.0. The van der Waals surface area contributed by atoms with E-state index in [1.165, 1.54) is 26.4 Å². The molecule has 0 unspecified atom stereocenters. The van der Waals surface area contributed by atoms with Crippen molar-refractivity contribution in [1.82, 2.24) is 0 Å². The van der Waals surface area contributed by atoms with E-state index < -0.39 is 0 Å². The Morgan fingerprint density at radius 1 is 1.11 bits per heavy atom. The number of carbonyl (C=O) groups is 1. The molecule has 0 aromatic heterocycles. The molecule has 0 spiro atoms. The summed E-state index contributed by atoms with van der Waals surface area (Å²) in [6.45, 7) is 7.98. The molecule has 0 aliphatic rings. The summed E-state index contributed by atoms with van der Waals surface area (Å²) in [7, 11) is 2.91. The van der Waals surface area contributed by atoms with Crippen LogP contribution in [0.3, 0.4) is 0 Å². The highest BCUT2D eigenvalue weighted by Crippen LogP contribution is 2.34. The molecule has 0 bridgehead atoms. The Bertz CT molecular complexity index is 858. The number of phenolic OH excluding ortho intramolecular Hbond substituents is 1. The first-order chi connectivity index (χ1) is 12.9. The maximum Gasteiger partial charge on any atom is 0.193 e. The fourth-order valence-electron chi connectivity index (χ4n) is 2.81. The normalized spacial score (nSPS) is 10.7. The highest BCUT2D eigenvalue weighted by molar-refractivity contribution is 6.10. The van der Waals surface area contributed by atoms with E-state index >= 15 is 0 Å². The third kappa shape index (κ3) is 4.70. The third-order valence-electron chi connectivity index (χ3n) is 4.01. The lowest BCUT2D eigenvalue weighted by atomic mass is 10.0. The van der Waals surface area contributed by atoms with Gasteiger partial charge in [0.1, 0.15) is 35.2 Å². The molecule has 0 aliphatic heterocycles. The van der Waals surface area contributed by atoms with E-state index in [1.54, 1.807) is 18.2 Å². The van der Waals surface area contributed by atoms with Crippen LogP contribution < -0.4 is 14.2 Å². The average molecular weight is 368 g/mol. The van der Waals surface area contributed by atoms with Gasteiger partial charge in [-0.1, -0.05) is 18.7 Å². The van der Waals surface area contributed by atoms with Crippen molar-refractivity contribution < 1.29 is 24.1 Å². The van der Waals surface area contributed by atoms with Crippen molar-refractivity contribution in [2.45, 2.75) is 13.8 Å². The first-order valence-corrected chi connectivity index (χ1v) is 8.43.